The molecule has 0 aliphatic carbocycles. The summed E-state index contributed by atoms with van der Waals surface area (Å²) in [5.41, 5.74) is 11.7. The summed E-state index contributed by atoms with van der Waals surface area (Å²) in [6, 6.07) is 4.89. The second-order valence-corrected chi connectivity index (χ2v) is 4.76. The largest absolute Gasteiger partial charge is 0.416 e. The molecule has 2 aromatic rings. The van der Waals surface area contributed by atoms with Crippen LogP contribution in [0.1, 0.15) is 25.5 Å². The van der Waals surface area contributed by atoms with Crippen LogP contribution in [0.4, 0.5) is 24.7 Å². The number of nitrogen functional groups attached to an aromatic ring is 2. The fourth-order valence-electron chi connectivity index (χ4n) is 1.97. The lowest BCUT2D eigenvalue weighted by atomic mass is 10.1. The fraction of sp³-hybridized carbons (Fsp3) is 0.308. The van der Waals surface area contributed by atoms with Gasteiger partial charge in [0.15, 0.2) is 5.82 Å². The van der Waals surface area contributed by atoms with Gasteiger partial charge in [0.25, 0.3) is 0 Å². The van der Waals surface area contributed by atoms with Crippen molar-refractivity contribution < 1.29 is 13.2 Å². The molecule has 1 aromatic heterocycles. The van der Waals surface area contributed by atoms with Crippen LogP contribution >= 0.6 is 0 Å². The zero-order chi connectivity index (χ0) is 15.1. The van der Waals surface area contributed by atoms with Crippen LogP contribution < -0.4 is 11.5 Å². The summed E-state index contributed by atoms with van der Waals surface area (Å²) in [5.74, 6) is 0.117. The Morgan fingerprint density at radius 2 is 1.85 bits per heavy atom. The monoisotopic (exact) mass is 284 g/mol. The van der Waals surface area contributed by atoms with Gasteiger partial charge in [0.1, 0.15) is 5.69 Å². The minimum absolute atomic E-state index is 0.0702. The highest BCUT2D eigenvalue weighted by molar-refractivity contribution is 5.80. The van der Waals surface area contributed by atoms with Gasteiger partial charge < -0.3 is 11.5 Å². The number of hydrogen-bond acceptors (Lipinski definition) is 3. The molecule has 0 aliphatic heterocycles. The van der Waals surface area contributed by atoms with Crippen molar-refractivity contribution in [2.45, 2.75) is 26.1 Å². The van der Waals surface area contributed by atoms with E-state index in [1.165, 1.54) is 10.7 Å². The summed E-state index contributed by atoms with van der Waals surface area (Å²) in [4.78, 5) is 0. The maximum absolute atomic E-state index is 12.8. The van der Waals surface area contributed by atoms with Crippen molar-refractivity contribution >= 4 is 11.5 Å². The molecular weight excluding hydrogens is 269 g/mol. The van der Waals surface area contributed by atoms with E-state index in [9.17, 15) is 13.2 Å². The van der Waals surface area contributed by atoms with Gasteiger partial charge in [-0.25, -0.2) is 0 Å². The molecule has 7 heteroatoms. The maximum Gasteiger partial charge on any atom is 0.416 e. The van der Waals surface area contributed by atoms with E-state index in [2.05, 4.69) is 5.10 Å². The van der Waals surface area contributed by atoms with E-state index in [0.29, 0.717) is 11.3 Å². The van der Waals surface area contributed by atoms with Gasteiger partial charge in [-0.3, -0.25) is 4.68 Å². The summed E-state index contributed by atoms with van der Waals surface area (Å²) >= 11 is 0. The topological polar surface area (TPSA) is 69.9 Å². The molecule has 4 N–H and O–H groups in total. The molecule has 1 aromatic carbocycles. The van der Waals surface area contributed by atoms with E-state index in [-0.39, 0.29) is 17.5 Å². The Hall–Kier alpha value is -2.18. The standard InChI is InChI=1S/C13H15F3N4/c1-7(2)20-11(10(17)12(18)19-20)8-4-3-5-9(6-8)13(14,15)16/h3-7H,17H2,1-2H3,(H2,18,19). The van der Waals surface area contributed by atoms with E-state index in [0.717, 1.165) is 12.1 Å². The third-order valence-electron chi connectivity index (χ3n) is 2.93. The highest BCUT2D eigenvalue weighted by Gasteiger charge is 2.31. The van der Waals surface area contributed by atoms with Crippen LogP contribution in [0.15, 0.2) is 24.3 Å². The van der Waals surface area contributed by atoms with E-state index in [4.69, 9.17) is 11.5 Å². The zero-order valence-electron chi connectivity index (χ0n) is 11.1. The Morgan fingerprint density at radius 3 is 2.40 bits per heavy atom. The van der Waals surface area contributed by atoms with Crippen LogP contribution in [0.2, 0.25) is 0 Å². The quantitative estimate of drug-likeness (QED) is 0.888. The molecule has 0 atom stereocenters. The number of rotatable bonds is 2. The normalized spacial score (nSPS) is 12.1. The Balaban J connectivity index is 2.63. The molecule has 108 valence electrons. The van der Waals surface area contributed by atoms with Crippen molar-refractivity contribution in [2.75, 3.05) is 11.5 Å². The molecule has 0 aliphatic rings. The molecule has 0 amide bonds. The lowest BCUT2D eigenvalue weighted by Crippen LogP contribution is -2.08. The second kappa shape index (κ2) is 4.73. The van der Waals surface area contributed by atoms with Crippen LogP contribution in [-0.2, 0) is 6.18 Å². The smallest absolute Gasteiger partial charge is 0.394 e. The van der Waals surface area contributed by atoms with E-state index in [1.807, 2.05) is 13.8 Å². The zero-order valence-corrected chi connectivity index (χ0v) is 11.1. The molecule has 4 nitrogen and oxygen atoms in total. The first-order valence-corrected chi connectivity index (χ1v) is 6.03. The predicted molar refractivity (Wildman–Crippen MR) is 71.9 cm³/mol. The van der Waals surface area contributed by atoms with Gasteiger partial charge in [-0.1, -0.05) is 12.1 Å². The fourth-order valence-corrected chi connectivity index (χ4v) is 1.97. The summed E-state index contributed by atoms with van der Waals surface area (Å²) in [5, 5.41) is 4.07. The van der Waals surface area contributed by atoms with Crippen molar-refractivity contribution in [1.29, 1.82) is 0 Å². The Kier molecular flexibility index (Phi) is 3.37. The number of alkyl halides is 3. The van der Waals surface area contributed by atoms with Gasteiger partial charge in [0, 0.05) is 11.6 Å². The molecular formula is C13H15F3N4. The number of anilines is 2. The minimum atomic E-state index is -4.40. The third-order valence-corrected chi connectivity index (χ3v) is 2.93. The van der Waals surface area contributed by atoms with Gasteiger partial charge in [-0.15, -0.1) is 0 Å². The maximum atomic E-state index is 12.8. The molecule has 0 saturated heterocycles. The molecule has 1 heterocycles. The highest BCUT2D eigenvalue weighted by Crippen LogP contribution is 2.36. The third kappa shape index (κ3) is 2.43. The van der Waals surface area contributed by atoms with Crippen LogP contribution in [0, 0.1) is 0 Å². The van der Waals surface area contributed by atoms with E-state index in [1.54, 1.807) is 6.07 Å². The van der Waals surface area contributed by atoms with Crippen LogP contribution in [0.3, 0.4) is 0 Å². The highest BCUT2D eigenvalue weighted by atomic mass is 19.4. The number of halogens is 3. The van der Waals surface area contributed by atoms with Gasteiger partial charge in [-0.2, -0.15) is 18.3 Å². The van der Waals surface area contributed by atoms with Crippen molar-refractivity contribution in [1.82, 2.24) is 9.78 Å². The summed E-state index contributed by atoms with van der Waals surface area (Å²) in [6.45, 7) is 3.70. The molecule has 0 spiro atoms. The van der Waals surface area contributed by atoms with E-state index >= 15 is 0 Å². The van der Waals surface area contributed by atoms with Crippen LogP contribution in [0.5, 0.6) is 0 Å². The molecule has 0 radical (unpaired) electrons. The minimum Gasteiger partial charge on any atom is -0.394 e. The summed E-state index contributed by atoms with van der Waals surface area (Å²) in [7, 11) is 0. The number of aromatic nitrogens is 2. The molecule has 0 fully saturated rings. The van der Waals surface area contributed by atoms with E-state index < -0.39 is 11.7 Å². The molecule has 20 heavy (non-hydrogen) atoms. The van der Waals surface area contributed by atoms with Crippen LogP contribution in [-0.4, -0.2) is 9.78 Å². The number of nitrogens with two attached hydrogens (primary N) is 2. The molecule has 0 unspecified atom stereocenters. The van der Waals surface area contributed by atoms with Gasteiger partial charge in [0.2, 0.25) is 0 Å². The van der Waals surface area contributed by atoms with Gasteiger partial charge in [0.05, 0.1) is 11.3 Å². The molecule has 2 rings (SSSR count). The Labute approximate surface area is 114 Å². The Bertz CT molecular complexity index is 629. The molecule has 0 saturated carbocycles. The predicted octanol–water partition coefficient (Wildman–Crippen LogP) is 3.31. The summed E-state index contributed by atoms with van der Waals surface area (Å²) in [6.07, 6.45) is -4.40. The van der Waals surface area contributed by atoms with Gasteiger partial charge >= 0.3 is 6.18 Å². The lowest BCUT2D eigenvalue weighted by Gasteiger charge is -2.13. The number of benzene rings is 1. The lowest BCUT2D eigenvalue weighted by molar-refractivity contribution is -0.137. The summed E-state index contributed by atoms with van der Waals surface area (Å²) < 4.78 is 39.8. The van der Waals surface area contributed by atoms with Crippen molar-refractivity contribution in [3.63, 3.8) is 0 Å². The first-order valence-electron chi connectivity index (χ1n) is 6.03. The first-order chi connectivity index (χ1) is 9.21. The SMILES string of the molecule is CC(C)n1nc(N)c(N)c1-c1cccc(C(F)(F)F)c1. The average Bonchev–Trinajstić information content (AvgIpc) is 2.65. The van der Waals surface area contributed by atoms with Crippen molar-refractivity contribution in [2.24, 2.45) is 0 Å². The number of hydrogen-bond donors (Lipinski definition) is 2. The van der Waals surface area contributed by atoms with Crippen molar-refractivity contribution in [3.05, 3.63) is 29.8 Å². The molecule has 0 bridgehead atoms. The van der Waals surface area contributed by atoms with Crippen LogP contribution in [0.25, 0.3) is 11.3 Å². The number of nitrogens with zero attached hydrogens (tertiary/aromatic N) is 2. The van der Waals surface area contributed by atoms with Gasteiger partial charge in [-0.05, 0) is 26.0 Å². The Morgan fingerprint density at radius 1 is 1.20 bits per heavy atom. The first kappa shape index (κ1) is 14.2. The second-order valence-electron chi connectivity index (χ2n) is 4.76. The average molecular weight is 284 g/mol. The van der Waals surface area contributed by atoms with Crippen molar-refractivity contribution in [3.8, 4) is 11.3 Å².